The third kappa shape index (κ3) is 4.17. The average Bonchev–Trinajstić information content (AvgIpc) is 3.22. The van der Waals surface area contributed by atoms with E-state index < -0.39 is 0 Å². The number of anilines is 1. The maximum atomic E-state index is 12.8. The third-order valence-corrected chi connectivity index (χ3v) is 5.12. The highest BCUT2D eigenvalue weighted by atomic mass is 16.7. The number of rotatable bonds is 6. The normalized spacial score (nSPS) is 15.9. The van der Waals surface area contributed by atoms with E-state index >= 15 is 0 Å². The quantitative estimate of drug-likeness (QED) is 0.746. The molecule has 0 bridgehead atoms. The average molecular weight is 383 g/mol. The van der Waals surface area contributed by atoms with Crippen molar-refractivity contribution in [2.45, 2.75) is 13.5 Å². The Morgan fingerprint density at radius 3 is 2.61 bits per heavy atom. The van der Waals surface area contributed by atoms with E-state index in [9.17, 15) is 4.79 Å². The van der Waals surface area contributed by atoms with Gasteiger partial charge in [-0.3, -0.25) is 9.69 Å². The van der Waals surface area contributed by atoms with Gasteiger partial charge in [0.1, 0.15) is 0 Å². The molecule has 8 nitrogen and oxygen atoms in total. The Labute approximate surface area is 164 Å². The number of carbonyl (C=O) groups excluding carboxylic acids is 1. The molecule has 1 saturated heterocycles. The van der Waals surface area contributed by atoms with Gasteiger partial charge in [0.25, 0.3) is 0 Å². The molecule has 148 valence electrons. The van der Waals surface area contributed by atoms with Crippen LogP contribution in [0.25, 0.3) is 0 Å². The Morgan fingerprint density at radius 2 is 1.86 bits per heavy atom. The molecule has 2 aliphatic rings. The number of aromatic nitrogens is 2. The van der Waals surface area contributed by atoms with Crippen LogP contribution in [0, 0.1) is 0 Å². The van der Waals surface area contributed by atoms with E-state index in [4.69, 9.17) is 9.47 Å². The highest BCUT2D eigenvalue weighted by Crippen LogP contribution is 2.32. The standard InChI is InChI=1S/C20H25N5O3/c1-2-23(13-16-4-5-17-18(12-16)28-15-27-17)14-19(26)24-8-10-25(11-9-24)20-21-6-3-7-22-20/h3-7,12H,2,8-11,13-15H2,1H3. The zero-order valence-electron chi connectivity index (χ0n) is 16.1. The van der Waals surface area contributed by atoms with Gasteiger partial charge in [-0.1, -0.05) is 13.0 Å². The molecule has 1 aromatic heterocycles. The molecule has 1 aromatic carbocycles. The Bertz CT molecular complexity index is 809. The SMILES string of the molecule is CCN(CC(=O)N1CCN(c2ncccn2)CC1)Cc1ccc2c(c1)OCO2. The molecule has 1 amide bonds. The van der Waals surface area contributed by atoms with Crippen molar-refractivity contribution in [3.8, 4) is 11.5 Å². The molecule has 0 unspecified atom stereocenters. The van der Waals surface area contributed by atoms with E-state index in [0.29, 0.717) is 26.2 Å². The van der Waals surface area contributed by atoms with E-state index in [1.54, 1.807) is 12.4 Å². The lowest BCUT2D eigenvalue weighted by Crippen LogP contribution is -2.51. The Hall–Kier alpha value is -2.87. The summed E-state index contributed by atoms with van der Waals surface area (Å²) < 4.78 is 10.8. The molecule has 0 N–H and O–H groups in total. The molecule has 3 heterocycles. The predicted octanol–water partition coefficient (Wildman–Crippen LogP) is 1.38. The molecule has 28 heavy (non-hydrogen) atoms. The van der Waals surface area contributed by atoms with Crippen LogP contribution in [-0.2, 0) is 11.3 Å². The van der Waals surface area contributed by atoms with Gasteiger partial charge >= 0.3 is 0 Å². The highest BCUT2D eigenvalue weighted by molar-refractivity contribution is 5.78. The summed E-state index contributed by atoms with van der Waals surface area (Å²) in [4.78, 5) is 27.6. The smallest absolute Gasteiger partial charge is 0.236 e. The van der Waals surface area contributed by atoms with Gasteiger partial charge in [-0.05, 0) is 30.3 Å². The van der Waals surface area contributed by atoms with E-state index in [2.05, 4.69) is 26.7 Å². The summed E-state index contributed by atoms with van der Waals surface area (Å²) in [6, 6.07) is 7.76. The first-order chi connectivity index (χ1) is 13.7. The van der Waals surface area contributed by atoms with Crippen molar-refractivity contribution in [1.82, 2.24) is 19.8 Å². The number of carbonyl (C=O) groups is 1. The monoisotopic (exact) mass is 383 g/mol. The summed E-state index contributed by atoms with van der Waals surface area (Å²) in [5.41, 5.74) is 1.12. The second kappa shape index (κ2) is 8.43. The maximum Gasteiger partial charge on any atom is 0.236 e. The molecular weight excluding hydrogens is 358 g/mol. The number of amides is 1. The molecule has 0 spiro atoms. The summed E-state index contributed by atoms with van der Waals surface area (Å²) >= 11 is 0. The number of fused-ring (bicyclic) bond motifs is 1. The van der Waals surface area contributed by atoms with Crippen molar-refractivity contribution in [3.05, 3.63) is 42.2 Å². The summed E-state index contributed by atoms with van der Waals surface area (Å²) in [7, 11) is 0. The van der Waals surface area contributed by atoms with Crippen molar-refractivity contribution in [3.63, 3.8) is 0 Å². The minimum Gasteiger partial charge on any atom is -0.454 e. The van der Waals surface area contributed by atoms with Gasteiger partial charge < -0.3 is 19.3 Å². The lowest BCUT2D eigenvalue weighted by molar-refractivity contribution is -0.132. The van der Waals surface area contributed by atoms with Crippen LogP contribution in [-0.4, -0.2) is 71.7 Å². The van der Waals surface area contributed by atoms with Crippen LogP contribution < -0.4 is 14.4 Å². The summed E-state index contributed by atoms with van der Waals surface area (Å²) in [5, 5.41) is 0. The first kappa shape index (κ1) is 18.5. The van der Waals surface area contributed by atoms with Gasteiger partial charge in [-0.25, -0.2) is 9.97 Å². The number of nitrogens with zero attached hydrogens (tertiary/aromatic N) is 5. The fourth-order valence-corrected chi connectivity index (χ4v) is 3.48. The predicted molar refractivity (Wildman–Crippen MR) is 104 cm³/mol. The van der Waals surface area contributed by atoms with Crippen LogP contribution in [0.5, 0.6) is 11.5 Å². The van der Waals surface area contributed by atoms with Gasteiger partial charge in [0, 0.05) is 45.1 Å². The van der Waals surface area contributed by atoms with Gasteiger partial charge in [0.2, 0.25) is 18.6 Å². The largest absolute Gasteiger partial charge is 0.454 e. The zero-order chi connectivity index (χ0) is 19.3. The van der Waals surface area contributed by atoms with Crippen molar-refractivity contribution in [2.75, 3.05) is 51.0 Å². The van der Waals surface area contributed by atoms with Crippen molar-refractivity contribution >= 4 is 11.9 Å². The van der Waals surface area contributed by atoms with E-state index in [1.165, 1.54) is 0 Å². The number of hydrogen-bond acceptors (Lipinski definition) is 7. The van der Waals surface area contributed by atoms with Crippen LogP contribution >= 0.6 is 0 Å². The Morgan fingerprint density at radius 1 is 1.11 bits per heavy atom. The molecular formula is C20H25N5O3. The number of likely N-dealkylation sites (N-methyl/N-ethyl adjacent to an activating group) is 1. The minimum absolute atomic E-state index is 0.163. The Balaban J connectivity index is 1.30. The van der Waals surface area contributed by atoms with Gasteiger partial charge in [-0.2, -0.15) is 0 Å². The first-order valence-corrected chi connectivity index (χ1v) is 9.63. The third-order valence-electron chi connectivity index (χ3n) is 5.12. The second-order valence-corrected chi connectivity index (χ2v) is 6.91. The highest BCUT2D eigenvalue weighted by Gasteiger charge is 2.24. The van der Waals surface area contributed by atoms with Crippen LogP contribution in [0.3, 0.4) is 0 Å². The molecule has 0 atom stereocenters. The van der Waals surface area contributed by atoms with Crippen molar-refractivity contribution in [1.29, 1.82) is 0 Å². The molecule has 1 fully saturated rings. The van der Waals surface area contributed by atoms with E-state index in [0.717, 1.165) is 42.6 Å². The van der Waals surface area contributed by atoms with Crippen LogP contribution in [0.15, 0.2) is 36.7 Å². The number of piperazine rings is 1. The van der Waals surface area contributed by atoms with Crippen molar-refractivity contribution in [2.24, 2.45) is 0 Å². The molecule has 0 radical (unpaired) electrons. The fraction of sp³-hybridized carbons (Fsp3) is 0.450. The summed E-state index contributed by atoms with van der Waals surface area (Å²) in [5.74, 6) is 2.45. The zero-order valence-corrected chi connectivity index (χ0v) is 16.1. The number of benzene rings is 1. The molecule has 2 aliphatic heterocycles. The molecule has 8 heteroatoms. The van der Waals surface area contributed by atoms with E-state index in [1.807, 2.05) is 29.2 Å². The summed E-state index contributed by atoms with van der Waals surface area (Å²) in [6.07, 6.45) is 3.49. The lowest BCUT2D eigenvalue weighted by atomic mass is 10.2. The van der Waals surface area contributed by atoms with Crippen LogP contribution in [0.1, 0.15) is 12.5 Å². The molecule has 4 rings (SSSR count). The maximum absolute atomic E-state index is 12.8. The van der Waals surface area contributed by atoms with Crippen molar-refractivity contribution < 1.29 is 14.3 Å². The van der Waals surface area contributed by atoms with Crippen LogP contribution in [0.2, 0.25) is 0 Å². The molecule has 0 aliphatic carbocycles. The fourth-order valence-electron chi connectivity index (χ4n) is 3.48. The first-order valence-electron chi connectivity index (χ1n) is 9.63. The number of hydrogen-bond donors (Lipinski definition) is 0. The molecule has 0 saturated carbocycles. The second-order valence-electron chi connectivity index (χ2n) is 6.91. The number of ether oxygens (including phenoxy) is 2. The van der Waals surface area contributed by atoms with E-state index in [-0.39, 0.29) is 12.7 Å². The van der Waals surface area contributed by atoms with Gasteiger partial charge in [-0.15, -0.1) is 0 Å². The molecule has 2 aromatic rings. The van der Waals surface area contributed by atoms with Gasteiger partial charge in [0.15, 0.2) is 11.5 Å². The minimum atomic E-state index is 0.163. The topological polar surface area (TPSA) is 71.0 Å². The van der Waals surface area contributed by atoms with Gasteiger partial charge in [0.05, 0.1) is 6.54 Å². The Kier molecular flexibility index (Phi) is 5.57. The lowest BCUT2D eigenvalue weighted by Gasteiger charge is -2.35. The van der Waals surface area contributed by atoms with Crippen LogP contribution in [0.4, 0.5) is 5.95 Å². The summed E-state index contributed by atoms with van der Waals surface area (Å²) in [6.45, 7) is 7.16.